The Morgan fingerprint density at radius 3 is 3.00 bits per heavy atom. The van der Waals surface area contributed by atoms with E-state index in [1.54, 1.807) is 0 Å². The van der Waals surface area contributed by atoms with Crippen LogP contribution >= 0.6 is 0 Å². The SMILES string of the molecule is [N-]=[N+]=NC/C(F)=C/CNC(=O)O. The number of rotatable bonds is 4. The number of hydrogen-bond donors (Lipinski definition) is 2. The molecule has 0 aromatic rings. The number of amides is 1. The Hall–Kier alpha value is -1.75. The molecule has 0 radical (unpaired) electrons. The first kappa shape index (κ1) is 10.2. The molecular formula is C5H7FN4O2. The molecule has 0 saturated carbocycles. The lowest BCUT2D eigenvalue weighted by Gasteiger charge is -1.93. The average Bonchev–Trinajstić information content (AvgIpc) is 2.00. The van der Waals surface area contributed by atoms with Crippen molar-refractivity contribution in [1.29, 1.82) is 0 Å². The Balaban J connectivity index is 3.68. The normalized spacial score (nSPS) is 10.2. The van der Waals surface area contributed by atoms with Gasteiger partial charge < -0.3 is 10.4 Å². The van der Waals surface area contributed by atoms with E-state index in [-0.39, 0.29) is 6.54 Å². The van der Waals surface area contributed by atoms with Gasteiger partial charge in [0.2, 0.25) is 0 Å². The van der Waals surface area contributed by atoms with Crippen LogP contribution in [0.2, 0.25) is 0 Å². The Bertz CT molecular complexity index is 234. The summed E-state index contributed by atoms with van der Waals surface area (Å²) in [5.41, 5.74) is 7.78. The highest BCUT2D eigenvalue weighted by Crippen LogP contribution is 1.95. The van der Waals surface area contributed by atoms with Gasteiger partial charge in [0.1, 0.15) is 5.83 Å². The number of nitrogens with one attached hydrogen (secondary N) is 1. The molecule has 0 saturated heterocycles. The molecule has 2 N–H and O–H groups in total. The molecule has 0 aromatic carbocycles. The highest BCUT2D eigenvalue weighted by molar-refractivity contribution is 5.64. The summed E-state index contributed by atoms with van der Waals surface area (Å²) in [6, 6.07) is 0. The van der Waals surface area contributed by atoms with Crippen LogP contribution in [0.25, 0.3) is 10.4 Å². The van der Waals surface area contributed by atoms with E-state index in [0.717, 1.165) is 6.08 Å². The molecule has 66 valence electrons. The minimum Gasteiger partial charge on any atom is -0.465 e. The first-order chi connectivity index (χ1) is 5.66. The molecule has 0 aliphatic carbocycles. The number of carbonyl (C=O) groups is 1. The van der Waals surface area contributed by atoms with Gasteiger partial charge in [0, 0.05) is 11.5 Å². The minimum atomic E-state index is -1.23. The molecule has 1 amide bonds. The van der Waals surface area contributed by atoms with Crippen LogP contribution in [0.3, 0.4) is 0 Å². The van der Waals surface area contributed by atoms with Crippen LogP contribution in [0.1, 0.15) is 0 Å². The van der Waals surface area contributed by atoms with Crippen molar-refractivity contribution in [2.75, 3.05) is 13.1 Å². The van der Waals surface area contributed by atoms with Gasteiger partial charge in [-0.25, -0.2) is 9.18 Å². The molecule has 0 heterocycles. The largest absolute Gasteiger partial charge is 0.465 e. The van der Waals surface area contributed by atoms with Gasteiger partial charge in [0.15, 0.2) is 0 Å². The number of carboxylic acid groups (broad SMARTS) is 1. The molecule has 0 bridgehead atoms. The van der Waals surface area contributed by atoms with E-state index in [9.17, 15) is 9.18 Å². The first-order valence-corrected chi connectivity index (χ1v) is 2.99. The molecule has 0 spiro atoms. The Labute approximate surface area is 67.3 Å². The van der Waals surface area contributed by atoms with Gasteiger partial charge in [0.25, 0.3) is 0 Å². The lowest BCUT2D eigenvalue weighted by molar-refractivity contribution is 0.195. The van der Waals surface area contributed by atoms with Gasteiger partial charge in [0.05, 0.1) is 6.54 Å². The number of nitrogens with zero attached hydrogens (tertiary/aromatic N) is 3. The third kappa shape index (κ3) is 6.37. The van der Waals surface area contributed by atoms with E-state index in [1.807, 2.05) is 5.32 Å². The van der Waals surface area contributed by atoms with E-state index < -0.39 is 18.5 Å². The average molecular weight is 174 g/mol. The van der Waals surface area contributed by atoms with Crippen molar-refractivity contribution in [2.24, 2.45) is 5.11 Å². The zero-order chi connectivity index (χ0) is 9.40. The standard InChI is InChI=1S/C5H7FN4O2/c6-4(3-9-10-7)1-2-8-5(11)12/h1,8H,2-3H2,(H,11,12)/b4-1-. The maximum absolute atomic E-state index is 12.4. The fraction of sp³-hybridized carbons (Fsp3) is 0.400. The monoisotopic (exact) mass is 174 g/mol. The zero-order valence-corrected chi connectivity index (χ0v) is 6.07. The zero-order valence-electron chi connectivity index (χ0n) is 6.07. The third-order valence-electron chi connectivity index (χ3n) is 0.862. The lowest BCUT2D eigenvalue weighted by Crippen LogP contribution is -2.20. The fourth-order valence-corrected chi connectivity index (χ4v) is 0.413. The van der Waals surface area contributed by atoms with Crippen molar-refractivity contribution in [3.8, 4) is 0 Å². The van der Waals surface area contributed by atoms with Gasteiger partial charge in [-0.2, -0.15) is 0 Å². The molecule has 6 nitrogen and oxygen atoms in total. The minimum absolute atomic E-state index is 0.137. The van der Waals surface area contributed by atoms with E-state index in [2.05, 4.69) is 10.0 Å². The second-order valence-corrected chi connectivity index (χ2v) is 1.73. The first-order valence-electron chi connectivity index (χ1n) is 2.99. The third-order valence-corrected chi connectivity index (χ3v) is 0.862. The van der Waals surface area contributed by atoms with Gasteiger partial charge >= 0.3 is 6.09 Å². The van der Waals surface area contributed by atoms with Crippen LogP contribution < -0.4 is 5.32 Å². The summed E-state index contributed by atoms with van der Waals surface area (Å²) in [5, 5.41) is 12.9. The predicted octanol–water partition coefficient (Wildman–Crippen LogP) is 1.42. The van der Waals surface area contributed by atoms with Crippen LogP contribution in [0.4, 0.5) is 9.18 Å². The smallest absolute Gasteiger partial charge is 0.404 e. The quantitative estimate of drug-likeness (QED) is 0.382. The van der Waals surface area contributed by atoms with E-state index in [4.69, 9.17) is 10.6 Å². The molecule has 12 heavy (non-hydrogen) atoms. The lowest BCUT2D eigenvalue weighted by atomic mass is 10.4. The van der Waals surface area contributed by atoms with Crippen molar-refractivity contribution in [3.63, 3.8) is 0 Å². The van der Waals surface area contributed by atoms with Crippen molar-refractivity contribution < 1.29 is 14.3 Å². The van der Waals surface area contributed by atoms with Crippen molar-refractivity contribution in [2.45, 2.75) is 0 Å². The van der Waals surface area contributed by atoms with Crippen LogP contribution in [-0.2, 0) is 0 Å². The summed E-state index contributed by atoms with van der Waals surface area (Å²) in [6.45, 7) is -0.528. The highest BCUT2D eigenvalue weighted by atomic mass is 19.1. The van der Waals surface area contributed by atoms with Crippen molar-refractivity contribution >= 4 is 6.09 Å². The van der Waals surface area contributed by atoms with Gasteiger partial charge in [-0.3, -0.25) is 0 Å². The van der Waals surface area contributed by atoms with Gasteiger partial charge in [-0.15, -0.1) is 0 Å². The van der Waals surface area contributed by atoms with Crippen LogP contribution in [0.15, 0.2) is 17.0 Å². The van der Waals surface area contributed by atoms with Crippen LogP contribution in [-0.4, -0.2) is 24.3 Å². The summed E-state index contributed by atoms with van der Waals surface area (Å²) < 4.78 is 12.4. The summed E-state index contributed by atoms with van der Waals surface area (Å²) in [5.74, 6) is -0.665. The molecule has 7 heteroatoms. The highest BCUT2D eigenvalue weighted by Gasteiger charge is 1.93. The molecule has 0 rings (SSSR count). The summed E-state index contributed by atoms with van der Waals surface area (Å²) in [7, 11) is 0. The van der Waals surface area contributed by atoms with Crippen LogP contribution in [0, 0.1) is 0 Å². The van der Waals surface area contributed by atoms with E-state index >= 15 is 0 Å². The van der Waals surface area contributed by atoms with Crippen molar-refractivity contribution in [3.05, 3.63) is 22.3 Å². The molecular weight excluding hydrogens is 167 g/mol. The van der Waals surface area contributed by atoms with E-state index in [1.165, 1.54) is 0 Å². The number of halogens is 1. The topological polar surface area (TPSA) is 98.1 Å². The predicted molar refractivity (Wildman–Crippen MR) is 39.2 cm³/mol. The molecule has 0 atom stereocenters. The van der Waals surface area contributed by atoms with E-state index in [0.29, 0.717) is 0 Å². The van der Waals surface area contributed by atoms with Crippen molar-refractivity contribution in [1.82, 2.24) is 5.32 Å². The molecule has 0 aromatic heterocycles. The summed E-state index contributed by atoms with van der Waals surface area (Å²) in [6.07, 6.45) is -0.245. The van der Waals surface area contributed by atoms with Gasteiger partial charge in [-0.05, 0) is 11.6 Å². The number of hydrogen-bond acceptors (Lipinski definition) is 2. The van der Waals surface area contributed by atoms with Crippen LogP contribution in [0.5, 0.6) is 0 Å². The second-order valence-electron chi connectivity index (χ2n) is 1.73. The second kappa shape index (κ2) is 5.99. The maximum atomic E-state index is 12.4. The molecule has 0 fully saturated rings. The molecule has 0 unspecified atom stereocenters. The Kier molecular flexibility index (Phi) is 5.12. The van der Waals surface area contributed by atoms with Gasteiger partial charge in [-0.1, -0.05) is 5.11 Å². The molecule has 0 aliphatic rings. The molecule has 0 aliphatic heterocycles. The summed E-state index contributed by atoms with van der Waals surface area (Å²) in [4.78, 5) is 12.2. The maximum Gasteiger partial charge on any atom is 0.404 e. The summed E-state index contributed by atoms with van der Waals surface area (Å²) >= 11 is 0. The fourth-order valence-electron chi connectivity index (χ4n) is 0.413. The Morgan fingerprint density at radius 2 is 2.50 bits per heavy atom. The number of azide groups is 1. The Morgan fingerprint density at radius 1 is 1.83 bits per heavy atom.